The number of halogens is 1. The molecule has 2 aliphatic heterocycles. The van der Waals surface area contributed by atoms with Gasteiger partial charge in [-0.2, -0.15) is 0 Å². The van der Waals surface area contributed by atoms with Crippen LogP contribution in [-0.4, -0.2) is 56.3 Å². The van der Waals surface area contributed by atoms with Crippen LogP contribution in [-0.2, 0) is 4.79 Å². The Kier molecular flexibility index (Phi) is 4.91. The van der Waals surface area contributed by atoms with E-state index in [9.17, 15) is 9.59 Å². The maximum absolute atomic E-state index is 12.8. The van der Waals surface area contributed by atoms with Crippen LogP contribution in [0.25, 0.3) is 10.2 Å². The number of amides is 3. The molecule has 1 N–H and O–H groups in total. The molecule has 2 fully saturated rings. The Labute approximate surface area is 170 Å². The van der Waals surface area contributed by atoms with Crippen molar-refractivity contribution in [2.45, 2.75) is 31.3 Å². The summed E-state index contributed by atoms with van der Waals surface area (Å²) in [4.78, 5) is 33.1. The topological polar surface area (TPSA) is 65.5 Å². The number of fused-ring (bicyclic) bond motifs is 1. The van der Waals surface area contributed by atoms with Crippen LogP contribution in [0.5, 0.6) is 0 Å². The van der Waals surface area contributed by atoms with Crippen molar-refractivity contribution in [2.24, 2.45) is 0 Å². The van der Waals surface area contributed by atoms with E-state index in [1.807, 2.05) is 5.51 Å². The summed E-state index contributed by atoms with van der Waals surface area (Å²) < 4.78 is 1.96. The third-order valence-corrected chi connectivity index (χ3v) is 6.88. The third kappa shape index (κ3) is 3.01. The van der Waals surface area contributed by atoms with Crippen LogP contribution in [0, 0.1) is 0 Å². The molecule has 8 heteroatoms. The smallest absolute Gasteiger partial charge is 0.323 e. The number of aromatic nitrogens is 1. The lowest BCUT2D eigenvalue weighted by atomic mass is 9.86. The summed E-state index contributed by atoms with van der Waals surface area (Å²) in [6.07, 6.45) is 1.33. The zero-order valence-corrected chi connectivity index (χ0v) is 17.5. The largest absolute Gasteiger partial charge is 0.325 e. The van der Waals surface area contributed by atoms with Gasteiger partial charge in [-0.3, -0.25) is 14.6 Å². The number of nitrogens with zero attached hydrogens (tertiary/aromatic N) is 3. The van der Waals surface area contributed by atoms with Crippen LogP contribution in [0.3, 0.4) is 0 Å². The molecule has 2 aliphatic rings. The molecule has 4 rings (SSSR count). The number of hydrogen-bond acceptors (Lipinski definition) is 5. The van der Waals surface area contributed by atoms with E-state index in [-0.39, 0.29) is 18.0 Å². The fourth-order valence-corrected chi connectivity index (χ4v) is 5.08. The molecule has 2 aromatic rings. The minimum atomic E-state index is -0.696. The van der Waals surface area contributed by atoms with E-state index in [1.165, 1.54) is 15.2 Å². The summed E-state index contributed by atoms with van der Waals surface area (Å²) in [6, 6.07) is 6.48. The Morgan fingerprint density at radius 1 is 1.35 bits per heavy atom. The van der Waals surface area contributed by atoms with Crippen molar-refractivity contribution in [3.63, 3.8) is 0 Å². The van der Waals surface area contributed by atoms with Gasteiger partial charge in [-0.1, -0.05) is 28.7 Å². The van der Waals surface area contributed by atoms with Crippen molar-refractivity contribution < 1.29 is 9.59 Å². The van der Waals surface area contributed by atoms with Crippen molar-refractivity contribution in [3.05, 3.63) is 29.3 Å². The molecule has 3 heterocycles. The van der Waals surface area contributed by atoms with Gasteiger partial charge in [0.2, 0.25) is 0 Å². The summed E-state index contributed by atoms with van der Waals surface area (Å²) in [7, 11) is 0. The summed E-state index contributed by atoms with van der Waals surface area (Å²) >= 11 is 3.85. The molecule has 0 bridgehead atoms. The summed E-state index contributed by atoms with van der Waals surface area (Å²) in [5, 5.41) is 2.97. The Balaban J connectivity index is 1.46. The SMILES string of the molecule is CC(c1ccc2scnc2c1)N1CCC2(CC1)NC(=O)N(CCI)C2=O. The lowest BCUT2D eigenvalue weighted by molar-refractivity contribution is -0.133. The fourth-order valence-electron chi connectivity index (χ4n) is 3.94. The highest BCUT2D eigenvalue weighted by atomic mass is 127. The average molecular weight is 484 g/mol. The van der Waals surface area contributed by atoms with Gasteiger partial charge in [0.15, 0.2) is 0 Å². The zero-order chi connectivity index (χ0) is 18.3. The molecule has 6 nitrogen and oxygen atoms in total. The standard InChI is InChI=1S/C18H21IN4O2S/c1-12(13-2-3-15-14(10-13)20-11-26-15)22-7-4-18(5-8-22)16(24)23(9-6-19)17(25)21-18/h2-3,10-12H,4-9H2,1H3,(H,21,25). The van der Waals surface area contributed by atoms with Crippen molar-refractivity contribution in [3.8, 4) is 0 Å². The second-order valence-electron chi connectivity index (χ2n) is 6.95. The summed E-state index contributed by atoms with van der Waals surface area (Å²) in [5.41, 5.74) is 3.46. The highest BCUT2D eigenvalue weighted by Gasteiger charge is 2.52. The van der Waals surface area contributed by atoms with Gasteiger partial charge in [-0.25, -0.2) is 9.78 Å². The van der Waals surface area contributed by atoms with Gasteiger partial charge in [0.1, 0.15) is 5.54 Å². The first-order chi connectivity index (χ1) is 12.5. The Hall–Kier alpha value is -1.26. The molecule has 138 valence electrons. The number of piperidine rings is 1. The van der Waals surface area contributed by atoms with Crippen molar-refractivity contribution in [1.82, 2.24) is 20.1 Å². The molecule has 2 saturated heterocycles. The zero-order valence-electron chi connectivity index (χ0n) is 14.6. The Morgan fingerprint density at radius 3 is 2.85 bits per heavy atom. The van der Waals surface area contributed by atoms with E-state index in [1.54, 1.807) is 11.3 Å². The highest BCUT2D eigenvalue weighted by Crippen LogP contribution is 2.34. The lowest BCUT2D eigenvalue weighted by Crippen LogP contribution is -2.55. The van der Waals surface area contributed by atoms with E-state index in [0.29, 0.717) is 19.4 Å². The van der Waals surface area contributed by atoms with Crippen molar-refractivity contribution >= 4 is 56.1 Å². The molecular formula is C18H21IN4O2S. The number of imide groups is 1. The number of hydrogen-bond donors (Lipinski definition) is 1. The van der Waals surface area contributed by atoms with Crippen LogP contribution >= 0.6 is 33.9 Å². The molecule has 0 radical (unpaired) electrons. The molecule has 3 amide bonds. The summed E-state index contributed by atoms with van der Waals surface area (Å²) in [6.45, 7) is 4.27. The van der Waals surface area contributed by atoms with Crippen LogP contribution in [0.4, 0.5) is 4.79 Å². The number of carbonyl (C=O) groups is 2. The maximum Gasteiger partial charge on any atom is 0.325 e. The predicted octanol–water partition coefficient (Wildman–Crippen LogP) is 3.18. The Bertz CT molecular complexity index is 847. The minimum absolute atomic E-state index is 0.0460. The van der Waals surface area contributed by atoms with Gasteiger partial charge in [0.25, 0.3) is 5.91 Å². The van der Waals surface area contributed by atoms with Crippen LogP contribution in [0.2, 0.25) is 0 Å². The molecule has 1 aromatic heterocycles. The number of nitrogens with one attached hydrogen (secondary N) is 1. The first-order valence-electron chi connectivity index (χ1n) is 8.81. The number of alkyl halides is 1. The number of rotatable bonds is 4. The van der Waals surface area contributed by atoms with Crippen LogP contribution < -0.4 is 5.32 Å². The molecule has 0 saturated carbocycles. The number of thiazole rings is 1. The van der Waals surface area contributed by atoms with E-state index in [0.717, 1.165) is 23.0 Å². The van der Waals surface area contributed by atoms with Gasteiger partial charge in [0, 0.05) is 30.1 Å². The molecule has 1 unspecified atom stereocenters. The van der Waals surface area contributed by atoms with Gasteiger partial charge in [-0.15, -0.1) is 11.3 Å². The highest BCUT2D eigenvalue weighted by molar-refractivity contribution is 14.1. The monoisotopic (exact) mass is 484 g/mol. The van der Waals surface area contributed by atoms with Crippen molar-refractivity contribution in [1.29, 1.82) is 0 Å². The van der Waals surface area contributed by atoms with E-state index in [2.05, 4.69) is 62.9 Å². The minimum Gasteiger partial charge on any atom is -0.323 e. The third-order valence-electron chi connectivity index (χ3n) is 5.59. The number of likely N-dealkylation sites (tertiary alicyclic amines) is 1. The van der Waals surface area contributed by atoms with E-state index in [4.69, 9.17) is 0 Å². The molecular weight excluding hydrogens is 463 g/mol. The van der Waals surface area contributed by atoms with Gasteiger partial charge < -0.3 is 5.32 Å². The first-order valence-corrected chi connectivity index (χ1v) is 11.2. The van der Waals surface area contributed by atoms with Gasteiger partial charge in [-0.05, 0) is 37.5 Å². The van der Waals surface area contributed by atoms with Crippen LogP contribution in [0.1, 0.15) is 31.4 Å². The quantitative estimate of drug-likeness (QED) is 0.412. The molecule has 0 aliphatic carbocycles. The van der Waals surface area contributed by atoms with E-state index < -0.39 is 5.54 Å². The molecule has 1 aromatic carbocycles. The fraction of sp³-hybridized carbons (Fsp3) is 0.500. The van der Waals surface area contributed by atoms with E-state index >= 15 is 0 Å². The molecule has 1 atom stereocenters. The summed E-state index contributed by atoms with van der Waals surface area (Å²) in [5.74, 6) is -0.0460. The van der Waals surface area contributed by atoms with Crippen LogP contribution in [0.15, 0.2) is 23.7 Å². The number of benzene rings is 1. The van der Waals surface area contributed by atoms with Gasteiger partial charge in [0.05, 0.1) is 15.7 Å². The van der Waals surface area contributed by atoms with Crippen molar-refractivity contribution in [2.75, 3.05) is 24.1 Å². The number of carbonyl (C=O) groups excluding carboxylic acids is 2. The van der Waals surface area contributed by atoms with Gasteiger partial charge >= 0.3 is 6.03 Å². The Morgan fingerprint density at radius 2 is 2.12 bits per heavy atom. The molecule has 26 heavy (non-hydrogen) atoms. The second kappa shape index (κ2) is 7.05. The lowest BCUT2D eigenvalue weighted by Gasteiger charge is -2.40. The first kappa shape index (κ1) is 18.1. The second-order valence-corrected chi connectivity index (χ2v) is 8.91. The predicted molar refractivity (Wildman–Crippen MR) is 111 cm³/mol. The number of urea groups is 1. The molecule has 1 spiro atoms. The maximum atomic E-state index is 12.8. The average Bonchev–Trinajstić information content (AvgIpc) is 3.20. The normalized spacial score (nSPS) is 21.5.